The van der Waals surface area contributed by atoms with Crippen molar-refractivity contribution in [2.75, 3.05) is 6.61 Å². The molecule has 1 aromatic heterocycles. The van der Waals surface area contributed by atoms with Gasteiger partial charge in [0, 0.05) is 30.9 Å². The van der Waals surface area contributed by atoms with Gasteiger partial charge in [0.2, 0.25) is 5.78 Å². The van der Waals surface area contributed by atoms with E-state index in [9.17, 15) is 9.59 Å². The minimum atomic E-state index is -0.453. The van der Waals surface area contributed by atoms with E-state index in [1.807, 2.05) is 36.4 Å². The quantitative estimate of drug-likeness (QED) is 0.416. The van der Waals surface area contributed by atoms with Crippen molar-refractivity contribution in [3.63, 3.8) is 0 Å². The lowest BCUT2D eigenvalue weighted by Crippen LogP contribution is -2.34. The van der Waals surface area contributed by atoms with Crippen LogP contribution in [-0.2, 0) is 14.3 Å². The van der Waals surface area contributed by atoms with Crippen molar-refractivity contribution in [2.45, 2.75) is 38.6 Å². The number of nitrogens with zero attached hydrogens (tertiary/aromatic N) is 1. The van der Waals surface area contributed by atoms with Crippen LogP contribution in [0.5, 0.6) is 11.5 Å². The zero-order valence-electron chi connectivity index (χ0n) is 18.2. The lowest BCUT2D eigenvalue weighted by atomic mass is 10.1. The average molecular weight is 445 g/mol. The normalized spacial score (nSPS) is 21.0. The molecule has 168 valence electrons. The molecule has 1 fully saturated rings. The molecule has 0 N–H and O–H groups in total. The Morgan fingerprint density at radius 3 is 2.91 bits per heavy atom. The van der Waals surface area contributed by atoms with Crippen molar-refractivity contribution in [1.29, 1.82) is 0 Å². The van der Waals surface area contributed by atoms with E-state index in [-0.39, 0.29) is 30.2 Å². The zero-order valence-corrected chi connectivity index (χ0v) is 18.2. The summed E-state index contributed by atoms with van der Waals surface area (Å²) >= 11 is 0. The number of ether oxygens (including phenoxy) is 4. The summed E-state index contributed by atoms with van der Waals surface area (Å²) in [7, 11) is 0. The summed E-state index contributed by atoms with van der Waals surface area (Å²) in [5.74, 6) is 0.688. The smallest absolute Gasteiger partial charge is 0.302 e. The Morgan fingerprint density at radius 1 is 1.15 bits per heavy atom. The first-order chi connectivity index (χ1) is 16.0. The lowest BCUT2D eigenvalue weighted by Gasteiger charge is -2.29. The summed E-state index contributed by atoms with van der Waals surface area (Å²) in [6.07, 6.45) is 3.45. The van der Waals surface area contributed by atoms with Crippen LogP contribution in [0.25, 0.3) is 17.0 Å². The minimum absolute atomic E-state index is 0.191. The minimum Gasteiger partial charge on any atom is -0.465 e. The molecule has 7 heteroatoms. The number of carbonyl (C=O) groups is 2. The van der Waals surface area contributed by atoms with Crippen LogP contribution in [0.1, 0.15) is 42.2 Å². The Bertz CT molecular complexity index is 1250. The van der Waals surface area contributed by atoms with Gasteiger partial charge in [-0.15, -0.1) is 0 Å². The van der Waals surface area contributed by atoms with E-state index in [0.29, 0.717) is 22.8 Å². The molecule has 0 bridgehead atoms. The molecule has 33 heavy (non-hydrogen) atoms. The second kappa shape index (κ2) is 9.03. The van der Waals surface area contributed by atoms with Crippen LogP contribution < -0.4 is 9.47 Å². The molecule has 3 aromatic rings. The zero-order chi connectivity index (χ0) is 22.8. The molecule has 0 aliphatic carbocycles. The number of ketones is 1. The Labute approximate surface area is 190 Å². The van der Waals surface area contributed by atoms with E-state index in [0.717, 1.165) is 30.2 Å². The first kappa shape index (κ1) is 21.2. The molecule has 0 radical (unpaired) electrons. The molecular formula is C26H23NO6. The van der Waals surface area contributed by atoms with Gasteiger partial charge in [0.05, 0.1) is 22.9 Å². The van der Waals surface area contributed by atoms with E-state index in [2.05, 4.69) is 4.98 Å². The number of rotatable bonds is 5. The predicted octanol–water partition coefficient (Wildman–Crippen LogP) is 4.69. The second-order valence-electron chi connectivity index (χ2n) is 8.07. The summed E-state index contributed by atoms with van der Waals surface area (Å²) in [4.78, 5) is 28.4. The number of carbonyl (C=O) groups excluding carboxylic acids is 2. The van der Waals surface area contributed by atoms with Crippen molar-refractivity contribution in [3.8, 4) is 11.5 Å². The van der Waals surface area contributed by atoms with E-state index in [4.69, 9.17) is 18.9 Å². The topological polar surface area (TPSA) is 84.0 Å². The molecule has 1 unspecified atom stereocenters. The Kier molecular flexibility index (Phi) is 5.79. The fraction of sp³-hybridized carbons (Fsp3) is 0.269. The van der Waals surface area contributed by atoms with Gasteiger partial charge >= 0.3 is 5.97 Å². The summed E-state index contributed by atoms with van der Waals surface area (Å²) in [5.41, 5.74) is 1.98. The van der Waals surface area contributed by atoms with Gasteiger partial charge in [0.1, 0.15) is 18.1 Å². The summed E-state index contributed by atoms with van der Waals surface area (Å²) < 4.78 is 22.8. The van der Waals surface area contributed by atoms with Crippen molar-refractivity contribution in [2.24, 2.45) is 0 Å². The molecule has 0 amide bonds. The van der Waals surface area contributed by atoms with Crippen LogP contribution >= 0.6 is 0 Å². The lowest BCUT2D eigenvalue weighted by molar-refractivity contribution is -0.172. The van der Waals surface area contributed by atoms with E-state index in [1.165, 1.54) is 6.92 Å². The number of fused-ring (bicyclic) bond motifs is 2. The van der Waals surface area contributed by atoms with Crippen molar-refractivity contribution < 1.29 is 28.5 Å². The highest BCUT2D eigenvalue weighted by atomic mass is 16.7. The van der Waals surface area contributed by atoms with Crippen molar-refractivity contribution >= 4 is 28.7 Å². The Morgan fingerprint density at radius 2 is 2.03 bits per heavy atom. The Balaban J connectivity index is 1.28. The SMILES string of the molecule is CC(=O)OC[C@H]1CCCC(Oc2ccc3c(c2)O/C(=C\c2ccc4ccccc4n2)C3=O)O1. The molecule has 2 aliphatic heterocycles. The third kappa shape index (κ3) is 4.73. The van der Waals surface area contributed by atoms with Crippen LogP contribution in [0, 0.1) is 0 Å². The third-order valence-corrected chi connectivity index (χ3v) is 5.59. The maximum Gasteiger partial charge on any atom is 0.302 e. The van der Waals surface area contributed by atoms with Gasteiger partial charge < -0.3 is 18.9 Å². The molecule has 5 rings (SSSR count). The number of hydrogen-bond donors (Lipinski definition) is 0. The van der Waals surface area contributed by atoms with Gasteiger partial charge in [-0.1, -0.05) is 24.3 Å². The van der Waals surface area contributed by atoms with E-state index >= 15 is 0 Å². The van der Waals surface area contributed by atoms with Crippen LogP contribution in [-0.4, -0.2) is 35.7 Å². The molecule has 7 nitrogen and oxygen atoms in total. The van der Waals surface area contributed by atoms with Crippen molar-refractivity contribution in [1.82, 2.24) is 4.98 Å². The molecule has 2 atom stereocenters. The summed E-state index contributed by atoms with van der Waals surface area (Å²) in [6, 6.07) is 16.7. The van der Waals surface area contributed by atoms with E-state index in [1.54, 1.807) is 24.3 Å². The predicted molar refractivity (Wildman–Crippen MR) is 121 cm³/mol. The fourth-order valence-electron chi connectivity index (χ4n) is 3.97. The third-order valence-electron chi connectivity index (χ3n) is 5.59. The van der Waals surface area contributed by atoms with E-state index < -0.39 is 6.29 Å². The standard InChI is InChI=1S/C26H23NO6/c1-16(28)30-15-20-6-4-8-25(32-20)31-19-11-12-21-23(14-19)33-24(26(21)29)13-18-10-9-17-5-2-3-7-22(17)27-18/h2-3,5,7,9-14,20,25H,4,6,8,15H2,1H3/b24-13-/t20-,25?/m1/s1. The van der Waals surface area contributed by atoms with Crippen LogP contribution in [0.4, 0.5) is 0 Å². The maximum absolute atomic E-state index is 12.8. The van der Waals surface area contributed by atoms with Gasteiger partial charge in [0.25, 0.3) is 0 Å². The number of para-hydroxylation sites is 1. The first-order valence-electron chi connectivity index (χ1n) is 10.9. The largest absolute Gasteiger partial charge is 0.465 e. The van der Waals surface area contributed by atoms with Gasteiger partial charge in [0.15, 0.2) is 12.0 Å². The van der Waals surface area contributed by atoms with Gasteiger partial charge in [-0.05, 0) is 37.1 Å². The second-order valence-corrected chi connectivity index (χ2v) is 8.07. The number of allylic oxidation sites excluding steroid dienone is 1. The molecule has 2 aromatic carbocycles. The number of aromatic nitrogens is 1. The number of Topliss-reactive ketones (excluding diaryl/α,β-unsaturated/α-hetero) is 1. The molecule has 1 saturated heterocycles. The van der Waals surface area contributed by atoms with Gasteiger partial charge in [-0.2, -0.15) is 0 Å². The number of esters is 1. The average Bonchev–Trinajstić information content (AvgIpc) is 3.12. The van der Waals surface area contributed by atoms with Gasteiger partial charge in [-0.25, -0.2) is 4.98 Å². The highest BCUT2D eigenvalue weighted by molar-refractivity contribution is 6.14. The summed E-state index contributed by atoms with van der Waals surface area (Å²) in [6.45, 7) is 1.59. The van der Waals surface area contributed by atoms with Crippen LogP contribution in [0.15, 0.2) is 60.4 Å². The first-order valence-corrected chi connectivity index (χ1v) is 10.9. The maximum atomic E-state index is 12.8. The number of hydrogen-bond acceptors (Lipinski definition) is 7. The molecule has 0 spiro atoms. The summed E-state index contributed by atoms with van der Waals surface area (Å²) in [5, 5.41) is 1.03. The van der Waals surface area contributed by atoms with Crippen LogP contribution in [0.2, 0.25) is 0 Å². The number of pyridine rings is 1. The van der Waals surface area contributed by atoms with Crippen molar-refractivity contribution in [3.05, 3.63) is 71.6 Å². The number of benzene rings is 2. The molecule has 0 saturated carbocycles. The molecular weight excluding hydrogens is 422 g/mol. The van der Waals surface area contributed by atoms with Crippen LogP contribution in [0.3, 0.4) is 0 Å². The highest BCUT2D eigenvalue weighted by Crippen LogP contribution is 2.36. The molecule has 2 aliphatic rings. The molecule has 3 heterocycles. The fourth-order valence-corrected chi connectivity index (χ4v) is 3.97. The monoisotopic (exact) mass is 445 g/mol. The highest BCUT2D eigenvalue weighted by Gasteiger charge is 2.29. The van der Waals surface area contributed by atoms with Gasteiger partial charge in [-0.3, -0.25) is 9.59 Å². The Hall–Kier alpha value is -3.71.